The maximum Gasteiger partial charge on any atom is 0.305 e. The van der Waals surface area contributed by atoms with Gasteiger partial charge in [-0.25, -0.2) is 0 Å². The minimum Gasteiger partial charge on any atom is -0.481 e. The van der Waals surface area contributed by atoms with Crippen molar-refractivity contribution >= 4 is 11.9 Å². The van der Waals surface area contributed by atoms with E-state index in [9.17, 15) is 9.59 Å². The van der Waals surface area contributed by atoms with Gasteiger partial charge in [-0.3, -0.25) is 9.59 Å². The van der Waals surface area contributed by atoms with Gasteiger partial charge < -0.3 is 14.7 Å². The van der Waals surface area contributed by atoms with Gasteiger partial charge in [0.05, 0.1) is 18.4 Å². The highest BCUT2D eigenvalue weighted by Gasteiger charge is 2.40. The van der Waals surface area contributed by atoms with E-state index in [1.807, 2.05) is 13.8 Å². The Kier molecular flexibility index (Phi) is 5.79. The number of carbonyl (C=O) groups is 2. The Morgan fingerprint density at radius 1 is 1.37 bits per heavy atom. The van der Waals surface area contributed by atoms with Crippen LogP contribution in [0.15, 0.2) is 0 Å². The van der Waals surface area contributed by atoms with Crippen LogP contribution in [0.4, 0.5) is 0 Å². The summed E-state index contributed by atoms with van der Waals surface area (Å²) in [6, 6.07) is 0. The zero-order valence-corrected chi connectivity index (χ0v) is 12.1. The molecule has 0 atom stereocenters. The van der Waals surface area contributed by atoms with Gasteiger partial charge in [-0.05, 0) is 25.2 Å². The highest BCUT2D eigenvalue weighted by Crippen LogP contribution is 2.38. The summed E-state index contributed by atoms with van der Waals surface area (Å²) in [5.41, 5.74) is -0.296. The summed E-state index contributed by atoms with van der Waals surface area (Å²) in [7, 11) is 1.65. The minimum atomic E-state index is -0.869. The largest absolute Gasteiger partial charge is 0.481 e. The Morgan fingerprint density at radius 2 is 2.00 bits per heavy atom. The van der Waals surface area contributed by atoms with Crippen LogP contribution in [0, 0.1) is 5.92 Å². The lowest BCUT2D eigenvalue weighted by Gasteiger charge is -2.41. The molecule has 0 aromatic carbocycles. The number of hydrogen-bond donors (Lipinski definition) is 1. The molecule has 0 spiro atoms. The third-order valence-corrected chi connectivity index (χ3v) is 3.71. The number of methoxy groups -OCH3 is 1. The molecule has 1 aliphatic rings. The highest BCUT2D eigenvalue weighted by atomic mass is 16.5. The third-order valence-electron chi connectivity index (χ3n) is 3.71. The fourth-order valence-corrected chi connectivity index (χ4v) is 2.40. The lowest BCUT2D eigenvalue weighted by atomic mass is 9.77. The molecule has 1 aliphatic carbocycles. The van der Waals surface area contributed by atoms with Crippen molar-refractivity contribution in [1.29, 1.82) is 0 Å². The van der Waals surface area contributed by atoms with Crippen LogP contribution >= 0.6 is 0 Å². The molecule has 110 valence electrons. The van der Waals surface area contributed by atoms with E-state index < -0.39 is 5.97 Å². The molecule has 1 saturated carbocycles. The second-order valence-corrected chi connectivity index (χ2v) is 5.79. The first-order chi connectivity index (χ1) is 8.88. The van der Waals surface area contributed by atoms with Gasteiger partial charge in [0, 0.05) is 20.2 Å². The molecule has 1 amide bonds. The highest BCUT2D eigenvalue weighted by molar-refractivity contribution is 5.78. The summed E-state index contributed by atoms with van der Waals surface area (Å²) in [6.45, 7) is 4.94. The number of carboxylic acid groups (broad SMARTS) is 1. The summed E-state index contributed by atoms with van der Waals surface area (Å²) in [6.07, 6.45) is 3.31. The molecule has 5 nitrogen and oxygen atoms in total. The number of carboxylic acids is 1. The number of carbonyl (C=O) groups excluding carboxylic acids is 1. The van der Waals surface area contributed by atoms with Gasteiger partial charge in [0.25, 0.3) is 0 Å². The van der Waals surface area contributed by atoms with Crippen LogP contribution in [-0.2, 0) is 14.3 Å². The molecule has 5 heteroatoms. The summed E-state index contributed by atoms with van der Waals surface area (Å²) in [4.78, 5) is 24.6. The van der Waals surface area contributed by atoms with E-state index in [1.165, 1.54) is 0 Å². The first-order valence-corrected chi connectivity index (χ1v) is 6.93. The van der Waals surface area contributed by atoms with E-state index in [4.69, 9.17) is 9.84 Å². The zero-order valence-electron chi connectivity index (χ0n) is 12.1. The lowest BCUT2D eigenvalue weighted by molar-refractivity contribution is -0.145. The van der Waals surface area contributed by atoms with Crippen molar-refractivity contribution in [2.24, 2.45) is 5.92 Å². The maximum absolute atomic E-state index is 12.3. The van der Waals surface area contributed by atoms with Crippen LogP contribution in [0.1, 0.15) is 46.0 Å². The summed E-state index contributed by atoms with van der Waals surface area (Å²) >= 11 is 0. The molecular formula is C14H25NO4. The van der Waals surface area contributed by atoms with E-state index >= 15 is 0 Å². The second kappa shape index (κ2) is 6.89. The zero-order chi connectivity index (χ0) is 14.5. The van der Waals surface area contributed by atoms with Crippen LogP contribution in [-0.4, -0.2) is 47.7 Å². The predicted molar refractivity (Wildman–Crippen MR) is 71.9 cm³/mol. The quantitative estimate of drug-likeness (QED) is 0.732. The molecule has 0 aliphatic heterocycles. The van der Waals surface area contributed by atoms with E-state index in [0.717, 1.165) is 19.3 Å². The normalized spacial score (nSPS) is 17.1. The van der Waals surface area contributed by atoms with Crippen molar-refractivity contribution in [2.45, 2.75) is 51.6 Å². The minimum absolute atomic E-state index is 0.00155. The van der Waals surface area contributed by atoms with Crippen molar-refractivity contribution in [2.75, 3.05) is 20.2 Å². The summed E-state index contributed by atoms with van der Waals surface area (Å²) in [5, 5.41) is 8.75. The van der Waals surface area contributed by atoms with Crippen LogP contribution in [0.5, 0.6) is 0 Å². The van der Waals surface area contributed by atoms with E-state index in [2.05, 4.69) is 0 Å². The number of nitrogens with zero attached hydrogens (tertiary/aromatic N) is 1. The monoisotopic (exact) mass is 271 g/mol. The molecular weight excluding hydrogens is 246 g/mol. The standard InChI is InChI=1S/C14H25NO4/c1-11(2)10-15(8-5-13(17)18)12(16)9-14(19-3)6-4-7-14/h11H,4-10H2,1-3H3,(H,17,18). The average Bonchev–Trinajstić information content (AvgIpc) is 2.28. The molecule has 1 fully saturated rings. The second-order valence-electron chi connectivity index (χ2n) is 5.79. The van der Waals surface area contributed by atoms with Crippen molar-refractivity contribution < 1.29 is 19.4 Å². The number of rotatable bonds is 8. The van der Waals surface area contributed by atoms with Crippen LogP contribution in [0.2, 0.25) is 0 Å². The first kappa shape index (κ1) is 16.0. The van der Waals surface area contributed by atoms with Crippen LogP contribution in [0.3, 0.4) is 0 Å². The smallest absolute Gasteiger partial charge is 0.305 e. The first-order valence-electron chi connectivity index (χ1n) is 6.93. The molecule has 0 unspecified atom stereocenters. The molecule has 1 N–H and O–H groups in total. The molecule has 1 rings (SSSR count). The Morgan fingerprint density at radius 3 is 2.37 bits per heavy atom. The van der Waals surface area contributed by atoms with Crippen molar-refractivity contribution in [3.8, 4) is 0 Å². The fraction of sp³-hybridized carbons (Fsp3) is 0.857. The van der Waals surface area contributed by atoms with E-state index in [1.54, 1.807) is 12.0 Å². The van der Waals surface area contributed by atoms with Gasteiger partial charge in [-0.2, -0.15) is 0 Å². The Bertz CT molecular complexity index is 318. The molecule has 0 saturated heterocycles. The van der Waals surface area contributed by atoms with Gasteiger partial charge in [0.15, 0.2) is 0 Å². The SMILES string of the molecule is COC1(CC(=O)N(CCC(=O)O)CC(C)C)CCC1. The number of hydrogen-bond acceptors (Lipinski definition) is 3. The molecule has 0 aromatic heterocycles. The Labute approximate surface area is 114 Å². The van der Waals surface area contributed by atoms with Crippen molar-refractivity contribution in [1.82, 2.24) is 4.90 Å². The van der Waals surface area contributed by atoms with Crippen molar-refractivity contribution in [3.05, 3.63) is 0 Å². The maximum atomic E-state index is 12.3. The molecule has 19 heavy (non-hydrogen) atoms. The number of aliphatic carboxylic acids is 1. The number of ether oxygens (including phenoxy) is 1. The summed E-state index contributed by atoms with van der Waals surface area (Å²) in [5.74, 6) is -0.527. The molecule has 0 heterocycles. The van der Waals surface area contributed by atoms with Crippen molar-refractivity contribution in [3.63, 3.8) is 0 Å². The van der Waals surface area contributed by atoms with Gasteiger partial charge in [0.1, 0.15) is 0 Å². The molecule has 0 aromatic rings. The topological polar surface area (TPSA) is 66.8 Å². The lowest BCUT2D eigenvalue weighted by Crippen LogP contribution is -2.46. The summed E-state index contributed by atoms with van der Waals surface area (Å²) < 4.78 is 5.46. The predicted octanol–water partition coefficient (Wildman–Crippen LogP) is 1.90. The van der Waals surface area contributed by atoms with Gasteiger partial charge in [-0.1, -0.05) is 13.8 Å². The average molecular weight is 271 g/mol. The van der Waals surface area contributed by atoms with Gasteiger partial charge in [-0.15, -0.1) is 0 Å². The fourth-order valence-electron chi connectivity index (χ4n) is 2.40. The van der Waals surface area contributed by atoms with E-state index in [0.29, 0.717) is 18.9 Å². The van der Waals surface area contributed by atoms with E-state index in [-0.39, 0.29) is 24.5 Å². The third kappa shape index (κ3) is 4.82. The molecule has 0 radical (unpaired) electrons. The van der Waals surface area contributed by atoms with Crippen LogP contribution in [0.25, 0.3) is 0 Å². The number of amides is 1. The Balaban J connectivity index is 2.57. The van der Waals surface area contributed by atoms with Gasteiger partial charge >= 0.3 is 5.97 Å². The van der Waals surface area contributed by atoms with Gasteiger partial charge in [0.2, 0.25) is 5.91 Å². The molecule has 0 bridgehead atoms. The Hall–Kier alpha value is -1.10. The van der Waals surface area contributed by atoms with Crippen LogP contribution < -0.4 is 0 Å².